The molecule has 70 heavy (non-hydrogen) atoms. The Bertz CT molecular complexity index is 3480. The van der Waals surface area contributed by atoms with E-state index in [-0.39, 0.29) is 0 Å². The minimum atomic E-state index is -0.546. The number of anilines is 3. The van der Waals surface area contributed by atoms with Gasteiger partial charge in [-0.25, -0.2) is 0 Å². The van der Waals surface area contributed by atoms with Crippen molar-refractivity contribution in [2.75, 3.05) is 4.90 Å². The van der Waals surface area contributed by atoms with Crippen LogP contribution in [0.5, 0.6) is 0 Å². The van der Waals surface area contributed by atoms with Crippen LogP contribution in [0.1, 0.15) is 86.5 Å². The molecule has 2 aliphatic carbocycles. The summed E-state index contributed by atoms with van der Waals surface area (Å²) >= 11 is 0. The quantitative estimate of drug-likeness (QED) is 0.125. The first-order valence-electron chi connectivity index (χ1n) is 25.1. The average Bonchev–Trinajstić information content (AvgIpc) is 3.87. The molecule has 1 nitrogen and oxygen atoms in total. The van der Waals surface area contributed by atoms with Gasteiger partial charge in [0.05, 0.1) is 10.8 Å². The van der Waals surface area contributed by atoms with E-state index >= 15 is 0 Å². The summed E-state index contributed by atoms with van der Waals surface area (Å²) in [4.78, 5) is 2.51. The zero-order chi connectivity index (χ0) is 47.4. The lowest BCUT2D eigenvalue weighted by atomic mass is 9.67. The molecule has 0 saturated heterocycles. The number of hydrogen-bond acceptors (Lipinski definition) is 1. The van der Waals surface area contributed by atoms with Crippen LogP contribution in [0.25, 0.3) is 33.4 Å². The van der Waals surface area contributed by atoms with E-state index < -0.39 is 10.8 Å². The van der Waals surface area contributed by atoms with Crippen LogP contribution in [-0.2, 0) is 17.3 Å². The molecule has 0 aliphatic heterocycles. The lowest BCUT2D eigenvalue weighted by Gasteiger charge is -2.36. The first-order chi connectivity index (χ1) is 34.4. The molecule has 0 heterocycles. The van der Waals surface area contributed by atoms with Crippen molar-refractivity contribution in [1.82, 2.24) is 0 Å². The normalized spacial score (nSPS) is 14.9. The highest BCUT2D eigenvalue weighted by Crippen LogP contribution is 2.59. The minimum Gasteiger partial charge on any atom is -0.310 e. The fraction of sp³-hybridized carbons (Fsp3) is 0.130. The van der Waals surface area contributed by atoms with E-state index in [0.29, 0.717) is 0 Å². The molecule has 0 N–H and O–H groups in total. The molecule has 10 aromatic rings. The summed E-state index contributed by atoms with van der Waals surface area (Å²) in [7, 11) is 0. The first kappa shape index (κ1) is 43.3. The van der Waals surface area contributed by atoms with E-state index in [1.807, 2.05) is 0 Å². The maximum absolute atomic E-state index is 2.51. The summed E-state index contributed by atoms with van der Waals surface area (Å²) < 4.78 is 0. The molecule has 0 saturated carbocycles. The minimum absolute atomic E-state index is 0.541. The zero-order valence-electron chi connectivity index (χ0n) is 40.6. The van der Waals surface area contributed by atoms with Crippen LogP contribution in [0.15, 0.2) is 237 Å². The molecule has 0 radical (unpaired) electrons. The van der Waals surface area contributed by atoms with Crippen LogP contribution in [0.4, 0.5) is 17.1 Å². The summed E-state index contributed by atoms with van der Waals surface area (Å²) in [6, 6.07) is 90.0. The third-order valence-electron chi connectivity index (χ3n) is 15.4. The molecule has 12 rings (SSSR count). The topological polar surface area (TPSA) is 3.24 Å². The van der Waals surface area contributed by atoms with E-state index in [1.54, 1.807) is 0 Å². The second-order valence-electron chi connectivity index (χ2n) is 19.7. The van der Waals surface area contributed by atoms with Crippen LogP contribution in [0.2, 0.25) is 0 Å². The fourth-order valence-electron chi connectivity index (χ4n) is 12.0. The number of rotatable bonds is 11. The van der Waals surface area contributed by atoms with Gasteiger partial charge >= 0.3 is 0 Å². The van der Waals surface area contributed by atoms with Gasteiger partial charge in [0.25, 0.3) is 0 Å². The molecular formula is C69H57N. The predicted octanol–water partition coefficient (Wildman–Crippen LogP) is 17.8. The molecule has 1 heteroatoms. The van der Waals surface area contributed by atoms with E-state index in [1.165, 1.54) is 113 Å². The van der Waals surface area contributed by atoms with Crippen molar-refractivity contribution < 1.29 is 0 Å². The van der Waals surface area contributed by atoms with Crippen LogP contribution in [0, 0.1) is 20.8 Å². The van der Waals surface area contributed by atoms with Crippen LogP contribution < -0.4 is 4.90 Å². The highest BCUT2D eigenvalue weighted by atomic mass is 15.1. The molecule has 0 fully saturated rings. The monoisotopic (exact) mass is 899 g/mol. The van der Waals surface area contributed by atoms with Gasteiger partial charge < -0.3 is 4.90 Å². The average molecular weight is 900 g/mol. The Labute approximate surface area is 414 Å². The van der Waals surface area contributed by atoms with Gasteiger partial charge in [-0.1, -0.05) is 230 Å². The third kappa shape index (κ3) is 6.90. The van der Waals surface area contributed by atoms with Crippen LogP contribution in [0.3, 0.4) is 0 Å². The van der Waals surface area contributed by atoms with Gasteiger partial charge in [-0.3, -0.25) is 0 Å². The smallest absolute Gasteiger partial charge is 0.0714 e. The zero-order valence-corrected chi connectivity index (χ0v) is 40.6. The van der Waals surface area contributed by atoms with Crippen molar-refractivity contribution in [2.24, 2.45) is 0 Å². The number of hydrogen-bond donors (Lipinski definition) is 0. The molecular weight excluding hydrogens is 843 g/mol. The summed E-state index contributed by atoms with van der Waals surface area (Å²) in [6.07, 6.45) is 3.48. The highest BCUT2D eigenvalue weighted by molar-refractivity contribution is 5.92. The van der Waals surface area contributed by atoms with Gasteiger partial charge in [0.1, 0.15) is 0 Å². The highest BCUT2D eigenvalue weighted by Gasteiger charge is 2.48. The maximum Gasteiger partial charge on any atom is 0.0714 e. The molecule has 0 aromatic heterocycles. The largest absolute Gasteiger partial charge is 0.310 e. The van der Waals surface area contributed by atoms with E-state index in [9.17, 15) is 0 Å². The summed E-state index contributed by atoms with van der Waals surface area (Å²) in [5.41, 5.74) is 25.2. The lowest BCUT2D eigenvalue weighted by Crippen LogP contribution is -2.29. The summed E-state index contributed by atoms with van der Waals surface area (Å²) in [5, 5.41) is 0. The van der Waals surface area contributed by atoms with Crippen LogP contribution >= 0.6 is 0 Å². The Balaban J connectivity index is 1.11. The number of unbranched alkanes of at least 4 members (excludes halogenated alkanes) is 1. The standard InChI is InChI=1S/C69H57N/c1-5-6-15-50-16-14-17-52(44-50)51-30-38-57(39-31-51)70(58-40-42-62-60-20-10-12-22-64(60)68(66(62)45-58,53-18-8-7-9-19-53)54-32-24-47(2)25-33-54)59-41-43-63-61-21-11-13-23-65(61)69(67(63)46-59,55-34-26-48(3)27-35-55)56-36-28-49(4)29-37-56/h7-14,16-46H,5-6,15H2,1-4H3. The number of benzene rings is 10. The van der Waals surface area contributed by atoms with Crippen molar-refractivity contribution in [1.29, 1.82) is 0 Å². The van der Waals surface area contributed by atoms with Crippen molar-refractivity contribution in [3.63, 3.8) is 0 Å². The second-order valence-corrected chi connectivity index (χ2v) is 19.7. The Morgan fingerprint density at radius 3 is 1.24 bits per heavy atom. The molecule has 1 atom stereocenters. The van der Waals surface area contributed by atoms with Gasteiger partial charge in [-0.2, -0.15) is 0 Å². The van der Waals surface area contributed by atoms with Crippen molar-refractivity contribution in [2.45, 2.75) is 57.8 Å². The molecule has 1 unspecified atom stereocenters. The van der Waals surface area contributed by atoms with Gasteiger partial charge in [0, 0.05) is 17.1 Å². The lowest BCUT2D eigenvalue weighted by molar-refractivity contribution is 0.766. The maximum atomic E-state index is 2.51. The third-order valence-corrected chi connectivity index (χ3v) is 15.4. The summed E-state index contributed by atoms with van der Waals surface area (Å²) in [6.45, 7) is 8.82. The Kier molecular flexibility index (Phi) is 10.8. The second kappa shape index (κ2) is 17.5. The number of nitrogens with zero attached hydrogens (tertiary/aromatic N) is 1. The SMILES string of the molecule is CCCCc1cccc(-c2ccc(N(c3ccc4c(c3)C(c3ccccc3)(c3ccc(C)cc3)c3ccccc3-4)c3ccc4c(c3)C(c3ccc(C)cc3)(c3ccc(C)cc3)c3ccccc3-4)cc2)c1. The number of aryl methyl sites for hydroxylation is 4. The Hall–Kier alpha value is -8.00. The van der Waals surface area contributed by atoms with E-state index in [0.717, 1.165) is 23.5 Å². The molecule has 2 aliphatic rings. The van der Waals surface area contributed by atoms with Crippen molar-refractivity contribution in [3.05, 3.63) is 303 Å². The Morgan fingerprint density at radius 1 is 0.329 bits per heavy atom. The van der Waals surface area contributed by atoms with Crippen molar-refractivity contribution >= 4 is 17.1 Å². The van der Waals surface area contributed by atoms with Gasteiger partial charge in [-0.15, -0.1) is 0 Å². The van der Waals surface area contributed by atoms with E-state index in [2.05, 4.69) is 269 Å². The summed E-state index contributed by atoms with van der Waals surface area (Å²) in [5.74, 6) is 0. The first-order valence-corrected chi connectivity index (χ1v) is 25.1. The molecule has 0 spiro atoms. The van der Waals surface area contributed by atoms with Crippen LogP contribution in [-0.4, -0.2) is 0 Å². The predicted molar refractivity (Wildman–Crippen MR) is 294 cm³/mol. The fourth-order valence-corrected chi connectivity index (χ4v) is 12.0. The van der Waals surface area contributed by atoms with E-state index in [4.69, 9.17) is 0 Å². The van der Waals surface area contributed by atoms with Gasteiger partial charge in [-0.05, 0) is 153 Å². The van der Waals surface area contributed by atoms with Gasteiger partial charge in [0.2, 0.25) is 0 Å². The molecule has 338 valence electrons. The molecule has 0 amide bonds. The molecule has 0 bridgehead atoms. The van der Waals surface area contributed by atoms with Gasteiger partial charge in [0.15, 0.2) is 0 Å². The Morgan fingerprint density at radius 2 is 0.757 bits per heavy atom. The number of fused-ring (bicyclic) bond motifs is 6. The van der Waals surface area contributed by atoms with Crippen molar-refractivity contribution in [3.8, 4) is 33.4 Å². The molecule has 10 aromatic carbocycles.